The number of methoxy groups -OCH3 is 1. The number of aromatic hydroxyl groups is 1. The second-order valence-electron chi connectivity index (χ2n) is 8.42. The molecule has 3 aromatic carbocycles. The van der Waals surface area contributed by atoms with Crippen molar-refractivity contribution in [2.24, 2.45) is 0 Å². The van der Waals surface area contributed by atoms with Crippen LogP contribution in [0.5, 0.6) is 11.8 Å². The predicted molar refractivity (Wildman–Crippen MR) is 124 cm³/mol. The number of hydrogen-bond acceptors (Lipinski definition) is 6. The van der Waals surface area contributed by atoms with Crippen LogP contribution in [0.3, 0.4) is 0 Å². The van der Waals surface area contributed by atoms with E-state index in [1.807, 2.05) is 0 Å². The molecule has 1 N–H and O–H groups in total. The summed E-state index contributed by atoms with van der Waals surface area (Å²) in [4.78, 5) is 10.9. The molecule has 0 spiro atoms. The highest BCUT2D eigenvalue weighted by Crippen LogP contribution is 2.42. The smallest absolute Gasteiger partial charge is 0.318 e. The summed E-state index contributed by atoms with van der Waals surface area (Å²) >= 11 is 0. The summed E-state index contributed by atoms with van der Waals surface area (Å²) < 4.78 is 41.6. The average Bonchev–Trinajstić information content (AvgIpc) is 3.64. The number of ether oxygens (including phenoxy) is 2. The van der Waals surface area contributed by atoms with E-state index < -0.39 is 11.6 Å². The summed E-state index contributed by atoms with van der Waals surface area (Å²) in [6.45, 7) is 1.19. The maximum absolute atomic E-state index is 16.1. The molecule has 1 aliphatic carbocycles. The molecule has 1 saturated heterocycles. The lowest BCUT2D eigenvalue weighted by molar-refractivity contribution is 0.103. The number of benzene rings is 3. The van der Waals surface area contributed by atoms with Crippen LogP contribution < -0.4 is 9.64 Å². The lowest BCUT2D eigenvalue weighted by Gasteiger charge is -2.28. The summed E-state index contributed by atoms with van der Waals surface area (Å²) in [5, 5.41) is 11.7. The van der Waals surface area contributed by atoms with E-state index in [1.54, 1.807) is 12.1 Å². The molecule has 6 nitrogen and oxygen atoms in total. The van der Waals surface area contributed by atoms with Gasteiger partial charge in [0.1, 0.15) is 22.9 Å². The van der Waals surface area contributed by atoms with E-state index in [9.17, 15) is 9.50 Å². The largest absolute Gasteiger partial charge is 0.508 e. The molecule has 1 aromatic heterocycles. The Bertz CT molecular complexity index is 1530. The number of nitrogens with zero attached hydrogens (tertiary/aromatic N) is 3. The van der Waals surface area contributed by atoms with Gasteiger partial charge in [0.05, 0.1) is 31.4 Å². The fraction of sp³-hybridized carbons (Fsp3) is 0.231. The van der Waals surface area contributed by atoms with Gasteiger partial charge in [-0.15, -0.1) is 6.42 Å². The fourth-order valence-electron chi connectivity index (χ4n) is 4.82. The highest BCUT2D eigenvalue weighted by Gasteiger charge is 2.47. The van der Waals surface area contributed by atoms with Gasteiger partial charge in [-0.2, -0.15) is 9.97 Å². The Hall–Kier alpha value is -3.96. The maximum Gasteiger partial charge on any atom is 0.318 e. The van der Waals surface area contributed by atoms with Crippen LogP contribution in [-0.4, -0.2) is 47.5 Å². The maximum atomic E-state index is 16.1. The number of rotatable bonds is 3. The van der Waals surface area contributed by atoms with E-state index in [0.29, 0.717) is 35.1 Å². The molecule has 0 amide bonds. The number of fused-ring (bicyclic) bond motifs is 3. The Morgan fingerprint density at radius 3 is 2.82 bits per heavy atom. The van der Waals surface area contributed by atoms with Gasteiger partial charge in [0.2, 0.25) is 0 Å². The number of terminal acetylenes is 1. The van der Waals surface area contributed by atoms with Crippen molar-refractivity contribution in [1.82, 2.24) is 9.97 Å². The zero-order valence-corrected chi connectivity index (χ0v) is 18.2. The van der Waals surface area contributed by atoms with Crippen molar-refractivity contribution in [3.63, 3.8) is 0 Å². The van der Waals surface area contributed by atoms with E-state index in [4.69, 9.17) is 15.9 Å². The number of anilines is 1. The molecule has 1 saturated carbocycles. The van der Waals surface area contributed by atoms with Crippen molar-refractivity contribution in [1.29, 1.82) is 0 Å². The lowest BCUT2D eigenvalue weighted by atomic mass is 9.93. The molecular weight excluding hydrogens is 440 g/mol. The number of halogens is 2. The Labute approximate surface area is 193 Å². The first-order valence-corrected chi connectivity index (χ1v) is 10.8. The molecule has 2 fully saturated rings. The monoisotopic (exact) mass is 459 g/mol. The van der Waals surface area contributed by atoms with Crippen LogP contribution in [-0.2, 0) is 4.74 Å². The Balaban J connectivity index is 1.62. The molecular formula is C26H19F2N3O3. The van der Waals surface area contributed by atoms with E-state index in [-0.39, 0.29) is 46.1 Å². The molecule has 2 atom stereocenters. The third-order valence-electron chi connectivity index (χ3n) is 6.47. The number of phenolic OH excluding ortho intramolecular Hbond substituents is 1. The SMILES string of the molecule is C#Cc1c(F)ccc2cc(O)cc(-c3ccc4c(N5CCOC6CC65)nc(OC)nc4c3F)c12. The quantitative estimate of drug-likeness (QED) is 0.458. The minimum atomic E-state index is -0.640. The molecule has 6 rings (SSSR count). The van der Waals surface area contributed by atoms with Crippen molar-refractivity contribution in [3.8, 4) is 35.2 Å². The molecule has 2 unspecified atom stereocenters. The van der Waals surface area contributed by atoms with Gasteiger partial charge < -0.3 is 19.5 Å². The first kappa shape index (κ1) is 20.6. The summed E-state index contributed by atoms with van der Waals surface area (Å²) in [7, 11) is 1.43. The van der Waals surface area contributed by atoms with Crippen LogP contribution in [0, 0.1) is 24.0 Å². The zero-order chi connectivity index (χ0) is 23.6. The molecule has 2 aliphatic rings. The zero-order valence-electron chi connectivity index (χ0n) is 18.2. The van der Waals surface area contributed by atoms with Crippen molar-refractivity contribution < 1.29 is 23.4 Å². The van der Waals surface area contributed by atoms with E-state index in [2.05, 4.69) is 20.8 Å². The first-order chi connectivity index (χ1) is 16.5. The van der Waals surface area contributed by atoms with Gasteiger partial charge in [0.25, 0.3) is 0 Å². The second kappa shape index (κ2) is 7.54. The van der Waals surface area contributed by atoms with Crippen molar-refractivity contribution >= 4 is 27.5 Å². The Kier molecular flexibility index (Phi) is 4.57. The number of phenols is 1. The predicted octanol–water partition coefficient (Wildman–Crippen LogP) is 4.40. The second-order valence-corrected chi connectivity index (χ2v) is 8.42. The average molecular weight is 459 g/mol. The number of hydrogen-bond donors (Lipinski definition) is 1. The molecule has 170 valence electrons. The van der Waals surface area contributed by atoms with E-state index in [1.165, 1.54) is 31.4 Å². The Morgan fingerprint density at radius 1 is 1.18 bits per heavy atom. The number of aromatic nitrogens is 2. The van der Waals surface area contributed by atoms with Gasteiger partial charge in [0, 0.05) is 22.9 Å². The van der Waals surface area contributed by atoms with Crippen molar-refractivity contribution in [2.45, 2.75) is 18.6 Å². The molecule has 8 heteroatoms. The van der Waals surface area contributed by atoms with Crippen LogP contribution in [0.15, 0.2) is 36.4 Å². The molecule has 1 aliphatic heterocycles. The van der Waals surface area contributed by atoms with Gasteiger partial charge in [-0.3, -0.25) is 0 Å². The summed E-state index contributed by atoms with van der Waals surface area (Å²) in [6.07, 6.45) is 6.64. The van der Waals surface area contributed by atoms with Gasteiger partial charge in [-0.05, 0) is 41.6 Å². The molecule has 0 radical (unpaired) electrons. The number of morpholine rings is 1. The van der Waals surface area contributed by atoms with Crippen molar-refractivity contribution in [2.75, 3.05) is 25.2 Å². The minimum absolute atomic E-state index is 0.000969. The van der Waals surface area contributed by atoms with Crippen LogP contribution in [0.25, 0.3) is 32.8 Å². The molecule has 4 aromatic rings. The van der Waals surface area contributed by atoms with Gasteiger partial charge in [0.15, 0.2) is 5.82 Å². The molecule has 2 heterocycles. The first-order valence-electron chi connectivity index (χ1n) is 10.8. The lowest BCUT2D eigenvalue weighted by Crippen LogP contribution is -2.37. The fourth-order valence-corrected chi connectivity index (χ4v) is 4.82. The van der Waals surface area contributed by atoms with Crippen LogP contribution >= 0.6 is 0 Å². The van der Waals surface area contributed by atoms with E-state index >= 15 is 4.39 Å². The minimum Gasteiger partial charge on any atom is -0.508 e. The standard InChI is InChI=1S/C26H19F2N3O3/c1-3-15-19(27)7-4-13-10-14(32)11-18(22(13)15)16-5-6-17-24(23(16)28)29-26(33-2)30-25(17)31-8-9-34-21-12-20(21)31/h1,4-7,10-11,20-21,32H,8-9,12H2,2H3. The topological polar surface area (TPSA) is 67.7 Å². The van der Waals surface area contributed by atoms with Crippen LogP contribution in [0.4, 0.5) is 14.6 Å². The summed E-state index contributed by atoms with van der Waals surface area (Å²) in [5.41, 5.74) is 0.474. The van der Waals surface area contributed by atoms with Crippen LogP contribution in [0.1, 0.15) is 12.0 Å². The summed E-state index contributed by atoms with van der Waals surface area (Å²) in [5.74, 6) is 1.62. The van der Waals surface area contributed by atoms with Gasteiger partial charge in [-0.25, -0.2) is 8.78 Å². The van der Waals surface area contributed by atoms with Crippen LogP contribution in [0.2, 0.25) is 0 Å². The Morgan fingerprint density at radius 2 is 2.03 bits per heavy atom. The van der Waals surface area contributed by atoms with Gasteiger partial charge >= 0.3 is 6.01 Å². The highest BCUT2D eigenvalue weighted by molar-refractivity contribution is 6.04. The summed E-state index contributed by atoms with van der Waals surface area (Å²) in [6, 6.07) is 9.13. The van der Waals surface area contributed by atoms with E-state index in [0.717, 1.165) is 6.42 Å². The highest BCUT2D eigenvalue weighted by atomic mass is 19.1. The third kappa shape index (κ3) is 3.05. The normalized spacial score (nSPS) is 19.2. The molecule has 34 heavy (non-hydrogen) atoms. The van der Waals surface area contributed by atoms with Crippen molar-refractivity contribution in [3.05, 3.63) is 53.6 Å². The van der Waals surface area contributed by atoms with Gasteiger partial charge in [-0.1, -0.05) is 18.1 Å². The molecule has 0 bridgehead atoms. The third-order valence-corrected chi connectivity index (χ3v) is 6.47.